The van der Waals surface area contributed by atoms with Crippen molar-refractivity contribution in [3.63, 3.8) is 0 Å². The van der Waals surface area contributed by atoms with Crippen LogP contribution in [0.2, 0.25) is 0 Å². The quantitative estimate of drug-likeness (QED) is 0.797. The fraction of sp³-hybridized carbons (Fsp3) is 0.727. The zero-order valence-corrected chi connectivity index (χ0v) is 11.3. The predicted molar refractivity (Wildman–Crippen MR) is 66.3 cm³/mol. The molecule has 96 valence electrons. The van der Waals surface area contributed by atoms with Crippen LogP contribution in [0.5, 0.6) is 0 Å². The van der Waals surface area contributed by atoms with Crippen LogP contribution in [-0.4, -0.2) is 24.0 Å². The first-order chi connectivity index (χ1) is 7.74. The minimum atomic E-state index is -2.97. The number of aromatic nitrogens is 2. The van der Waals surface area contributed by atoms with Crippen LogP contribution in [0.3, 0.4) is 0 Å². The Morgan fingerprint density at radius 3 is 2.59 bits per heavy atom. The molecule has 0 amide bonds. The van der Waals surface area contributed by atoms with E-state index in [0.717, 1.165) is 11.3 Å². The maximum absolute atomic E-state index is 11.6. The molecule has 0 radical (unpaired) electrons. The Morgan fingerprint density at radius 2 is 2.06 bits per heavy atom. The number of nitrogens with zero attached hydrogens (tertiary/aromatic N) is 2. The molecule has 0 bridgehead atoms. The lowest BCUT2D eigenvalue weighted by molar-refractivity contribution is 0.342. The SMILES string of the molecule is CC(C)(C)n1nc2c(c1CN)CCS(=O)(=O)C2. The second kappa shape index (κ2) is 3.81. The van der Waals surface area contributed by atoms with E-state index in [1.54, 1.807) is 0 Å². The second-order valence-electron chi connectivity index (χ2n) is 5.50. The van der Waals surface area contributed by atoms with Crippen LogP contribution >= 0.6 is 0 Å². The van der Waals surface area contributed by atoms with Gasteiger partial charge in [0, 0.05) is 6.54 Å². The predicted octanol–water partition coefficient (Wildman–Crippen LogP) is 0.568. The third kappa shape index (κ3) is 2.24. The summed E-state index contributed by atoms with van der Waals surface area (Å²) in [6.45, 7) is 6.52. The van der Waals surface area contributed by atoms with Gasteiger partial charge in [0.05, 0.1) is 28.4 Å². The molecule has 2 heterocycles. The molecule has 17 heavy (non-hydrogen) atoms. The van der Waals surface area contributed by atoms with Crippen LogP contribution in [0, 0.1) is 0 Å². The van der Waals surface area contributed by atoms with E-state index in [-0.39, 0.29) is 17.0 Å². The van der Waals surface area contributed by atoms with Gasteiger partial charge in [-0.25, -0.2) is 8.42 Å². The van der Waals surface area contributed by atoms with E-state index in [2.05, 4.69) is 5.10 Å². The minimum absolute atomic E-state index is 0.0540. The summed E-state index contributed by atoms with van der Waals surface area (Å²) in [6.07, 6.45) is 0.542. The van der Waals surface area contributed by atoms with Gasteiger partial charge in [-0.2, -0.15) is 5.10 Å². The van der Waals surface area contributed by atoms with Gasteiger partial charge < -0.3 is 5.73 Å². The minimum Gasteiger partial charge on any atom is -0.325 e. The Bertz CT molecular complexity index is 538. The average Bonchev–Trinajstić information content (AvgIpc) is 2.52. The lowest BCUT2D eigenvalue weighted by atomic mass is 10.1. The number of hydrogen-bond donors (Lipinski definition) is 1. The van der Waals surface area contributed by atoms with Gasteiger partial charge in [-0.1, -0.05) is 0 Å². The first-order valence-corrected chi connectivity index (χ1v) is 7.57. The standard InChI is InChI=1S/C11H19N3O2S/c1-11(2,3)14-10(6-12)8-4-5-17(15,16)7-9(8)13-14/h4-7,12H2,1-3H3. The summed E-state index contributed by atoms with van der Waals surface area (Å²) in [5.74, 6) is 0.265. The summed E-state index contributed by atoms with van der Waals surface area (Å²) in [7, 11) is -2.97. The van der Waals surface area contributed by atoms with E-state index >= 15 is 0 Å². The van der Waals surface area contributed by atoms with Crippen LogP contribution in [0.1, 0.15) is 37.7 Å². The molecule has 1 aromatic heterocycles. The summed E-state index contributed by atoms with van der Waals surface area (Å²) in [4.78, 5) is 0. The fourth-order valence-electron chi connectivity index (χ4n) is 2.24. The molecule has 1 aliphatic rings. The van der Waals surface area contributed by atoms with Gasteiger partial charge in [-0.3, -0.25) is 4.68 Å². The van der Waals surface area contributed by atoms with E-state index in [1.807, 2.05) is 25.5 Å². The number of nitrogens with two attached hydrogens (primary N) is 1. The lowest BCUT2D eigenvalue weighted by Gasteiger charge is -2.22. The highest BCUT2D eigenvalue weighted by molar-refractivity contribution is 7.90. The van der Waals surface area contributed by atoms with Gasteiger partial charge in [0.15, 0.2) is 9.84 Å². The molecule has 5 nitrogen and oxygen atoms in total. The lowest BCUT2D eigenvalue weighted by Crippen LogP contribution is -2.26. The Labute approximate surface area is 102 Å². The van der Waals surface area contributed by atoms with Crippen LogP contribution in [0.4, 0.5) is 0 Å². The maximum Gasteiger partial charge on any atom is 0.156 e. The summed E-state index contributed by atoms with van der Waals surface area (Å²) >= 11 is 0. The van der Waals surface area contributed by atoms with E-state index in [0.29, 0.717) is 18.7 Å². The summed E-state index contributed by atoms with van der Waals surface area (Å²) in [6, 6.07) is 0. The van der Waals surface area contributed by atoms with Crippen molar-refractivity contribution in [2.24, 2.45) is 5.73 Å². The van der Waals surface area contributed by atoms with Crippen molar-refractivity contribution in [2.45, 2.75) is 45.0 Å². The second-order valence-corrected chi connectivity index (χ2v) is 7.68. The number of sulfone groups is 1. The van der Waals surface area contributed by atoms with Crippen LogP contribution < -0.4 is 5.73 Å². The summed E-state index contributed by atoms with van der Waals surface area (Å²) in [5.41, 5.74) is 8.30. The molecule has 0 aliphatic carbocycles. The number of fused-ring (bicyclic) bond motifs is 1. The molecular formula is C11H19N3O2S. The number of hydrogen-bond acceptors (Lipinski definition) is 4. The van der Waals surface area contributed by atoms with E-state index in [1.165, 1.54) is 0 Å². The molecule has 1 aromatic rings. The maximum atomic E-state index is 11.6. The molecule has 6 heteroatoms. The molecule has 0 unspecified atom stereocenters. The summed E-state index contributed by atoms with van der Waals surface area (Å²) < 4.78 is 25.1. The summed E-state index contributed by atoms with van der Waals surface area (Å²) in [5, 5.41) is 4.45. The number of rotatable bonds is 1. The molecule has 2 N–H and O–H groups in total. The highest BCUT2D eigenvalue weighted by Gasteiger charge is 2.30. The van der Waals surface area contributed by atoms with E-state index < -0.39 is 9.84 Å². The third-order valence-corrected chi connectivity index (χ3v) is 4.56. The molecule has 2 rings (SSSR count). The van der Waals surface area contributed by atoms with Crippen LogP contribution in [0.15, 0.2) is 0 Å². The van der Waals surface area contributed by atoms with Crippen LogP contribution in [0.25, 0.3) is 0 Å². The van der Waals surface area contributed by atoms with Gasteiger partial charge in [-0.05, 0) is 32.8 Å². The van der Waals surface area contributed by atoms with Crippen molar-refractivity contribution in [3.05, 3.63) is 17.0 Å². The van der Waals surface area contributed by atoms with Crippen molar-refractivity contribution < 1.29 is 8.42 Å². The molecule has 0 aromatic carbocycles. The average molecular weight is 257 g/mol. The monoisotopic (exact) mass is 257 g/mol. The topological polar surface area (TPSA) is 78.0 Å². The van der Waals surface area contributed by atoms with Gasteiger partial charge in [0.25, 0.3) is 0 Å². The molecule has 0 atom stereocenters. The van der Waals surface area contributed by atoms with Crippen molar-refractivity contribution in [1.29, 1.82) is 0 Å². The Balaban J connectivity index is 2.57. The first kappa shape index (κ1) is 12.6. The largest absolute Gasteiger partial charge is 0.325 e. The smallest absolute Gasteiger partial charge is 0.156 e. The Hall–Kier alpha value is -0.880. The molecular weight excluding hydrogens is 238 g/mol. The molecule has 0 spiro atoms. The van der Waals surface area contributed by atoms with Crippen molar-refractivity contribution in [3.8, 4) is 0 Å². The van der Waals surface area contributed by atoms with E-state index in [4.69, 9.17) is 5.73 Å². The van der Waals surface area contributed by atoms with Gasteiger partial charge in [-0.15, -0.1) is 0 Å². The molecule has 0 saturated heterocycles. The van der Waals surface area contributed by atoms with Crippen molar-refractivity contribution in [2.75, 3.05) is 5.75 Å². The fourth-order valence-corrected chi connectivity index (χ4v) is 3.55. The highest BCUT2D eigenvalue weighted by Crippen LogP contribution is 2.27. The van der Waals surface area contributed by atoms with Crippen molar-refractivity contribution in [1.82, 2.24) is 9.78 Å². The van der Waals surface area contributed by atoms with Crippen molar-refractivity contribution >= 4 is 9.84 Å². The van der Waals surface area contributed by atoms with E-state index in [9.17, 15) is 8.42 Å². The van der Waals surface area contributed by atoms with Gasteiger partial charge in [0.2, 0.25) is 0 Å². The molecule has 0 fully saturated rings. The third-order valence-electron chi connectivity index (χ3n) is 3.02. The van der Waals surface area contributed by atoms with Gasteiger partial charge in [0.1, 0.15) is 0 Å². The normalized spacial score (nSPS) is 19.1. The molecule has 1 aliphatic heterocycles. The Morgan fingerprint density at radius 1 is 1.41 bits per heavy atom. The molecule has 0 saturated carbocycles. The highest BCUT2D eigenvalue weighted by atomic mass is 32.2. The zero-order valence-electron chi connectivity index (χ0n) is 10.5. The Kier molecular flexibility index (Phi) is 2.82. The first-order valence-electron chi connectivity index (χ1n) is 5.75. The zero-order chi connectivity index (χ0) is 12.8. The van der Waals surface area contributed by atoms with Gasteiger partial charge >= 0.3 is 0 Å². The van der Waals surface area contributed by atoms with Crippen LogP contribution in [-0.2, 0) is 34.1 Å².